The van der Waals surface area contributed by atoms with Gasteiger partial charge in [0.2, 0.25) is 0 Å². The van der Waals surface area contributed by atoms with E-state index in [-0.39, 0.29) is 0 Å². The molecule has 1 aliphatic rings. The summed E-state index contributed by atoms with van der Waals surface area (Å²) >= 11 is 5.32. The number of hydrogen-bond acceptors (Lipinski definition) is 2. The van der Waals surface area contributed by atoms with Crippen molar-refractivity contribution < 1.29 is 14.2 Å². The Hall–Kier alpha value is -1.17. The zero-order valence-electron chi connectivity index (χ0n) is 10.6. The van der Waals surface area contributed by atoms with Gasteiger partial charge >= 0.3 is 0 Å². The fraction of sp³-hybridized carbons (Fsp3) is 0.462. The summed E-state index contributed by atoms with van der Waals surface area (Å²) in [5.41, 5.74) is 2.00. The zero-order chi connectivity index (χ0) is 12.5. The van der Waals surface area contributed by atoms with Crippen LogP contribution in [0, 0.1) is 4.84 Å². The molecule has 18 heavy (non-hydrogen) atoms. The number of benzene rings is 1. The largest absolute Gasteiger partial charge is 0.429 e. The molecule has 2 aromatic rings. The molecule has 0 saturated carbocycles. The SMILES string of the molecule is C[NH+]1CC[NH+](Cn2c(=S)oc3ccccc32)CC1. The quantitative estimate of drug-likeness (QED) is 0.705. The molecule has 5 heteroatoms. The Morgan fingerprint density at radius 3 is 2.72 bits per heavy atom. The molecule has 96 valence electrons. The minimum Gasteiger partial charge on any atom is -0.429 e. The van der Waals surface area contributed by atoms with Gasteiger partial charge in [-0.3, -0.25) is 4.57 Å². The highest BCUT2D eigenvalue weighted by Gasteiger charge is 2.21. The standard InChI is InChI=1S/C13H17N3OS/c1-14-6-8-15(9-7-14)10-16-11-4-2-3-5-12(11)17-13(16)18/h2-5H,6-10H2,1H3/p+2. The van der Waals surface area contributed by atoms with E-state index < -0.39 is 0 Å². The molecule has 0 bridgehead atoms. The normalized spacial score (nSPS) is 24.5. The van der Waals surface area contributed by atoms with Crippen molar-refractivity contribution in [1.29, 1.82) is 0 Å². The first-order chi connectivity index (χ1) is 8.74. The maximum atomic E-state index is 5.62. The lowest BCUT2D eigenvalue weighted by Gasteiger charge is -2.27. The first-order valence-electron chi connectivity index (χ1n) is 6.47. The van der Waals surface area contributed by atoms with Crippen molar-refractivity contribution in [2.45, 2.75) is 6.67 Å². The Kier molecular flexibility index (Phi) is 3.20. The van der Waals surface area contributed by atoms with Gasteiger partial charge in [-0.25, -0.2) is 0 Å². The van der Waals surface area contributed by atoms with E-state index in [0.29, 0.717) is 4.84 Å². The number of nitrogens with zero attached hydrogens (tertiary/aromatic N) is 1. The topological polar surface area (TPSA) is 27.0 Å². The third-order valence-corrected chi connectivity index (χ3v) is 4.07. The molecular formula is C13H19N3OS+2. The van der Waals surface area contributed by atoms with Crippen LogP contribution in [0.5, 0.6) is 0 Å². The van der Waals surface area contributed by atoms with E-state index in [1.807, 2.05) is 18.2 Å². The van der Waals surface area contributed by atoms with Gasteiger partial charge in [0.05, 0.1) is 12.6 Å². The summed E-state index contributed by atoms with van der Waals surface area (Å²) in [6.07, 6.45) is 0. The van der Waals surface area contributed by atoms with E-state index in [2.05, 4.69) is 17.7 Å². The molecule has 1 aliphatic heterocycles. The maximum absolute atomic E-state index is 5.62. The summed E-state index contributed by atoms with van der Waals surface area (Å²) in [4.78, 5) is 3.80. The average Bonchev–Trinajstić information content (AvgIpc) is 2.69. The van der Waals surface area contributed by atoms with Gasteiger partial charge < -0.3 is 14.2 Å². The molecule has 0 aliphatic carbocycles. The first-order valence-corrected chi connectivity index (χ1v) is 6.88. The predicted octanol–water partition coefficient (Wildman–Crippen LogP) is -0.666. The van der Waals surface area contributed by atoms with Gasteiger partial charge in [-0.05, 0) is 24.4 Å². The summed E-state index contributed by atoms with van der Waals surface area (Å²) in [6.45, 7) is 5.79. The fourth-order valence-corrected chi connectivity index (χ4v) is 2.83. The first kappa shape index (κ1) is 11.9. The van der Waals surface area contributed by atoms with Crippen LogP contribution in [-0.2, 0) is 6.67 Å². The molecular weight excluding hydrogens is 246 g/mol. The molecule has 1 fully saturated rings. The lowest BCUT2D eigenvalue weighted by molar-refractivity contribution is -1.01. The van der Waals surface area contributed by atoms with E-state index >= 15 is 0 Å². The highest BCUT2D eigenvalue weighted by Crippen LogP contribution is 2.15. The van der Waals surface area contributed by atoms with Crippen LogP contribution in [0.15, 0.2) is 28.7 Å². The van der Waals surface area contributed by atoms with Gasteiger partial charge in [0.15, 0.2) is 12.3 Å². The molecule has 2 heterocycles. The Labute approximate surface area is 111 Å². The fourth-order valence-electron chi connectivity index (χ4n) is 2.58. The van der Waals surface area contributed by atoms with Crippen molar-refractivity contribution in [3.05, 3.63) is 29.1 Å². The van der Waals surface area contributed by atoms with Crippen LogP contribution in [0.25, 0.3) is 11.1 Å². The van der Waals surface area contributed by atoms with Crippen LogP contribution in [0.3, 0.4) is 0 Å². The maximum Gasteiger partial charge on any atom is 0.274 e. The molecule has 3 rings (SSSR count). The van der Waals surface area contributed by atoms with Crippen molar-refractivity contribution >= 4 is 23.3 Å². The van der Waals surface area contributed by atoms with Gasteiger partial charge in [-0.2, -0.15) is 0 Å². The number of aromatic nitrogens is 1. The predicted molar refractivity (Wildman–Crippen MR) is 72.4 cm³/mol. The summed E-state index contributed by atoms with van der Waals surface area (Å²) in [5.74, 6) is 0. The van der Waals surface area contributed by atoms with Gasteiger partial charge in [-0.15, -0.1) is 0 Å². The van der Waals surface area contributed by atoms with Crippen LogP contribution in [-0.4, -0.2) is 37.8 Å². The number of hydrogen-bond donors (Lipinski definition) is 2. The molecule has 4 nitrogen and oxygen atoms in total. The summed E-state index contributed by atoms with van der Waals surface area (Å²) in [6, 6.07) is 8.07. The average molecular weight is 265 g/mol. The van der Waals surface area contributed by atoms with Gasteiger partial charge in [0.1, 0.15) is 26.2 Å². The van der Waals surface area contributed by atoms with Crippen LogP contribution < -0.4 is 9.80 Å². The van der Waals surface area contributed by atoms with Crippen molar-refractivity contribution in [1.82, 2.24) is 4.57 Å². The second kappa shape index (κ2) is 4.84. The molecule has 1 aromatic heterocycles. The summed E-state index contributed by atoms with van der Waals surface area (Å²) in [5, 5.41) is 0. The van der Waals surface area contributed by atoms with E-state index in [1.54, 1.807) is 9.80 Å². The van der Waals surface area contributed by atoms with Crippen molar-refractivity contribution in [2.24, 2.45) is 0 Å². The summed E-state index contributed by atoms with van der Waals surface area (Å²) < 4.78 is 7.75. The monoisotopic (exact) mass is 265 g/mol. The van der Waals surface area contributed by atoms with Crippen molar-refractivity contribution in [3.63, 3.8) is 0 Å². The third-order valence-electron chi connectivity index (χ3n) is 3.77. The Morgan fingerprint density at radius 1 is 1.22 bits per heavy atom. The molecule has 0 atom stereocenters. The van der Waals surface area contributed by atoms with E-state index in [9.17, 15) is 0 Å². The molecule has 0 spiro atoms. The third kappa shape index (κ3) is 2.21. The molecule has 0 unspecified atom stereocenters. The number of rotatable bonds is 2. The number of quaternary nitrogens is 2. The van der Waals surface area contributed by atoms with Crippen molar-refractivity contribution in [3.8, 4) is 0 Å². The number of piperazine rings is 1. The van der Waals surface area contributed by atoms with Crippen LogP contribution in [0.4, 0.5) is 0 Å². The second-order valence-corrected chi connectivity index (χ2v) is 5.48. The van der Waals surface area contributed by atoms with Crippen LogP contribution in [0.1, 0.15) is 0 Å². The van der Waals surface area contributed by atoms with Gasteiger partial charge in [0, 0.05) is 0 Å². The van der Waals surface area contributed by atoms with Crippen LogP contribution in [0.2, 0.25) is 0 Å². The molecule has 1 aromatic carbocycles. The lowest BCUT2D eigenvalue weighted by atomic mass is 10.3. The number of para-hydroxylation sites is 2. The van der Waals surface area contributed by atoms with Gasteiger partial charge in [-0.1, -0.05) is 12.1 Å². The van der Waals surface area contributed by atoms with E-state index in [0.717, 1.165) is 17.8 Å². The highest BCUT2D eigenvalue weighted by atomic mass is 32.1. The van der Waals surface area contributed by atoms with Gasteiger partial charge in [0.25, 0.3) is 4.84 Å². The Morgan fingerprint density at radius 2 is 1.94 bits per heavy atom. The highest BCUT2D eigenvalue weighted by molar-refractivity contribution is 7.71. The molecule has 1 saturated heterocycles. The zero-order valence-corrected chi connectivity index (χ0v) is 11.4. The number of oxazole rings is 1. The molecule has 0 amide bonds. The number of nitrogens with one attached hydrogen (secondary N) is 2. The van der Waals surface area contributed by atoms with Crippen LogP contribution >= 0.6 is 12.2 Å². The number of fused-ring (bicyclic) bond motifs is 1. The number of likely N-dealkylation sites (N-methyl/N-ethyl adjacent to an activating group) is 1. The Balaban J connectivity index is 1.86. The molecule has 0 radical (unpaired) electrons. The van der Waals surface area contributed by atoms with E-state index in [1.165, 1.54) is 26.2 Å². The lowest BCUT2D eigenvalue weighted by Crippen LogP contribution is -3.26. The molecule has 2 N–H and O–H groups in total. The Bertz CT molecular complexity index is 596. The summed E-state index contributed by atoms with van der Waals surface area (Å²) in [7, 11) is 2.26. The minimum absolute atomic E-state index is 0.593. The smallest absolute Gasteiger partial charge is 0.274 e. The van der Waals surface area contributed by atoms with Crippen molar-refractivity contribution in [2.75, 3.05) is 33.2 Å². The second-order valence-electron chi connectivity index (χ2n) is 5.13. The van der Waals surface area contributed by atoms with E-state index in [4.69, 9.17) is 16.6 Å². The minimum atomic E-state index is 0.593.